The van der Waals surface area contributed by atoms with Gasteiger partial charge in [0.25, 0.3) is 0 Å². The Morgan fingerprint density at radius 2 is 1.79 bits per heavy atom. The minimum atomic E-state index is -3.55. The SMILES string of the molecule is CCOc1ccc([C@H](C)NS(=O)(=O)Cc2ccc(Cl)cc2Cl)cc1. The van der Waals surface area contributed by atoms with Crippen molar-refractivity contribution in [1.82, 2.24) is 4.72 Å². The first kappa shape index (κ1) is 19.1. The van der Waals surface area contributed by atoms with E-state index in [1.807, 2.05) is 31.2 Å². The lowest BCUT2D eigenvalue weighted by Gasteiger charge is -2.16. The molecule has 1 atom stereocenters. The number of hydrogen-bond acceptors (Lipinski definition) is 3. The van der Waals surface area contributed by atoms with Crippen molar-refractivity contribution in [2.45, 2.75) is 25.6 Å². The molecule has 2 rings (SSSR count). The maximum absolute atomic E-state index is 12.4. The van der Waals surface area contributed by atoms with Crippen LogP contribution in [0.4, 0.5) is 0 Å². The molecular weight excluding hydrogens is 369 g/mol. The molecule has 0 fully saturated rings. The Labute approximate surface area is 152 Å². The fraction of sp³-hybridized carbons (Fsp3) is 0.294. The number of benzene rings is 2. The van der Waals surface area contributed by atoms with Crippen molar-refractivity contribution in [3.63, 3.8) is 0 Å². The van der Waals surface area contributed by atoms with Gasteiger partial charge >= 0.3 is 0 Å². The van der Waals surface area contributed by atoms with E-state index in [-0.39, 0.29) is 11.8 Å². The van der Waals surface area contributed by atoms with Gasteiger partial charge in [0.15, 0.2) is 0 Å². The minimum absolute atomic E-state index is 0.204. The van der Waals surface area contributed by atoms with Crippen LogP contribution in [0.5, 0.6) is 5.75 Å². The monoisotopic (exact) mass is 387 g/mol. The first-order valence-electron chi connectivity index (χ1n) is 7.47. The average Bonchev–Trinajstić information content (AvgIpc) is 2.50. The van der Waals surface area contributed by atoms with Gasteiger partial charge in [-0.2, -0.15) is 0 Å². The first-order chi connectivity index (χ1) is 11.3. The second kappa shape index (κ2) is 8.21. The highest BCUT2D eigenvalue weighted by molar-refractivity contribution is 7.88. The van der Waals surface area contributed by atoms with Crippen LogP contribution >= 0.6 is 23.2 Å². The summed E-state index contributed by atoms with van der Waals surface area (Å²) in [6.07, 6.45) is 0. The molecule has 0 aliphatic heterocycles. The molecule has 24 heavy (non-hydrogen) atoms. The van der Waals surface area contributed by atoms with E-state index in [0.717, 1.165) is 11.3 Å². The molecule has 0 aromatic heterocycles. The molecule has 0 heterocycles. The summed E-state index contributed by atoms with van der Waals surface area (Å²) in [5.74, 6) is 0.550. The lowest BCUT2D eigenvalue weighted by Crippen LogP contribution is -2.28. The Morgan fingerprint density at radius 3 is 2.38 bits per heavy atom. The van der Waals surface area contributed by atoms with Crippen molar-refractivity contribution in [3.05, 3.63) is 63.6 Å². The summed E-state index contributed by atoms with van der Waals surface area (Å²) in [4.78, 5) is 0. The van der Waals surface area contributed by atoms with E-state index in [2.05, 4.69) is 4.72 Å². The molecular formula is C17H19Cl2NO3S. The van der Waals surface area contributed by atoms with E-state index in [1.165, 1.54) is 6.07 Å². The molecule has 0 spiro atoms. The number of sulfonamides is 1. The summed E-state index contributed by atoms with van der Waals surface area (Å²) in [5.41, 5.74) is 1.36. The summed E-state index contributed by atoms with van der Waals surface area (Å²) in [5, 5.41) is 0.804. The van der Waals surface area contributed by atoms with Crippen LogP contribution in [0, 0.1) is 0 Å². The van der Waals surface area contributed by atoms with Gasteiger partial charge in [-0.25, -0.2) is 13.1 Å². The van der Waals surface area contributed by atoms with Gasteiger partial charge in [-0.1, -0.05) is 41.4 Å². The molecule has 0 aliphatic carbocycles. The second-order valence-electron chi connectivity index (χ2n) is 5.34. The van der Waals surface area contributed by atoms with Crippen molar-refractivity contribution in [3.8, 4) is 5.75 Å². The third kappa shape index (κ3) is 5.38. The lowest BCUT2D eigenvalue weighted by atomic mass is 10.1. The number of nitrogens with one attached hydrogen (secondary N) is 1. The van der Waals surface area contributed by atoms with Gasteiger partial charge in [0.2, 0.25) is 10.0 Å². The summed E-state index contributed by atoms with van der Waals surface area (Å²) in [7, 11) is -3.55. The topological polar surface area (TPSA) is 55.4 Å². The molecule has 7 heteroatoms. The van der Waals surface area contributed by atoms with E-state index < -0.39 is 10.0 Å². The molecule has 0 aliphatic rings. The maximum Gasteiger partial charge on any atom is 0.216 e. The van der Waals surface area contributed by atoms with Crippen LogP contribution in [0.2, 0.25) is 10.0 Å². The molecule has 130 valence electrons. The highest BCUT2D eigenvalue weighted by Crippen LogP contribution is 2.24. The molecule has 0 bridgehead atoms. The van der Waals surface area contributed by atoms with E-state index in [4.69, 9.17) is 27.9 Å². The second-order valence-corrected chi connectivity index (χ2v) is 7.93. The number of halogens is 2. The van der Waals surface area contributed by atoms with Gasteiger partial charge in [0.05, 0.1) is 12.4 Å². The standard InChI is InChI=1S/C17H19Cl2NO3S/c1-3-23-16-8-5-13(6-9-16)12(2)20-24(21,22)11-14-4-7-15(18)10-17(14)19/h4-10,12,20H,3,11H2,1-2H3/t12-/m0/s1. The maximum atomic E-state index is 12.4. The summed E-state index contributed by atoms with van der Waals surface area (Å²) < 4.78 is 32.8. The molecule has 4 nitrogen and oxygen atoms in total. The fourth-order valence-electron chi connectivity index (χ4n) is 2.24. The van der Waals surface area contributed by atoms with E-state index in [1.54, 1.807) is 19.1 Å². The van der Waals surface area contributed by atoms with Gasteiger partial charge < -0.3 is 4.74 Å². The highest BCUT2D eigenvalue weighted by atomic mass is 35.5. The van der Waals surface area contributed by atoms with Gasteiger partial charge in [-0.3, -0.25) is 0 Å². The lowest BCUT2D eigenvalue weighted by molar-refractivity contribution is 0.340. The van der Waals surface area contributed by atoms with Crippen LogP contribution < -0.4 is 9.46 Å². The summed E-state index contributed by atoms with van der Waals surface area (Å²) in [6, 6.07) is 11.7. The Bertz CT molecular complexity index is 792. The number of rotatable bonds is 7. The van der Waals surface area contributed by atoms with Gasteiger partial charge in [0.1, 0.15) is 5.75 Å². The molecule has 1 N–H and O–H groups in total. The van der Waals surface area contributed by atoms with E-state index in [0.29, 0.717) is 22.2 Å². The predicted octanol–water partition coefficient (Wildman–Crippen LogP) is 4.57. The van der Waals surface area contributed by atoms with Crippen LogP contribution in [-0.4, -0.2) is 15.0 Å². The van der Waals surface area contributed by atoms with Gasteiger partial charge in [0, 0.05) is 16.1 Å². The van der Waals surface area contributed by atoms with Gasteiger partial charge in [-0.15, -0.1) is 0 Å². The van der Waals surface area contributed by atoms with Crippen molar-refractivity contribution >= 4 is 33.2 Å². The molecule has 0 saturated heterocycles. The normalized spacial score (nSPS) is 12.8. The molecule has 0 saturated carbocycles. The van der Waals surface area contributed by atoms with E-state index in [9.17, 15) is 8.42 Å². The highest BCUT2D eigenvalue weighted by Gasteiger charge is 2.18. The molecule has 0 radical (unpaired) electrons. The molecule has 2 aromatic carbocycles. The molecule has 0 unspecified atom stereocenters. The minimum Gasteiger partial charge on any atom is -0.494 e. The Hall–Kier alpha value is -1.27. The largest absolute Gasteiger partial charge is 0.494 e. The molecule has 2 aromatic rings. The quantitative estimate of drug-likeness (QED) is 0.756. The number of ether oxygens (including phenoxy) is 1. The van der Waals surface area contributed by atoms with Crippen LogP contribution in [-0.2, 0) is 15.8 Å². The number of hydrogen-bond donors (Lipinski definition) is 1. The Morgan fingerprint density at radius 1 is 1.12 bits per heavy atom. The van der Waals surface area contributed by atoms with Crippen molar-refractivity contribution in [1.29, 1.82) is 0 Å². The fourth-order valence-corrected chi connectivity index (χ4v) is 4.22. The first-order valence-corrected chi connectivity index (χ1v) is 9.88. The van der Waals surface area contributed by atoms with Crippen LogP contribution in [0.1, 0.15) is 31.0 Å². The smallest absolute Gasteiger partial charge is 0.216 e. The van der Waals surface area contributed by atoms with Crippen LogP contribution in [0.25, 0.3) is 0 Å². The zero-order valence-electron chi connectivity index (χ0n) is 13.4. The molecule has 0 amide bonds. The van der Waals surface area contributed by atoms with Crippen molar-refractivity contribution in [2.24, 2.45) is 0 Å². The third-order valence-corrected chi connectivity index (χ3v) is 5.40. The Kier molecular flexibility index (Phi) is 6.52. The zero-order valence-corrected chi connectivity index (χ0v) is 15.8. The average molecular weight is 388 g/mol. The zero-order chi connectivity index (χ0) is 17.7. The van der Waals surface area contributed by atoms with Crippen molar-refractivity contribution in [2.75, 3.05) is 6.61 Å². The van der Waals surface area contributed by atoms with Crippen LogP contribution in [0.3, 0.4) is 0 Å². The van der Waals surface area contributed by atoms with Gasteiger partial charge in [-0.05, 0) is 49.2 Å². The van der Waals surface area contributed by atoms with E-state index >= 15 is 0 Å². The summed E-state index contributed by atoms with van der Waals surface area (Å²) >= 11 is 11.9. The Balaban J connectivity index is 2.07. The summed E-state index contributed by atoms with van der Waals surface area (Å²) in [6.45, 7) is 4.28. The van der Waals surface area contributed by atoms with Crippen LogP contribution in [0.15, 0.2) is 42.5 Å². The third-order valence-electron chi connectivity index (χ3n) is 3.41. The predicted molar refractivity (Wildman–Crippen MR) is 98.2 cm³/mol. The van der Waals surface area contributed by atoms with Crippen molar-refractivity contribution < 1.29 is 13.2 Å².